The topological polar surface area (TPSA) is 13.1 Å². The molecular formula is C14H15BrO. The highest BCUT2D eigenvalue weighted by molar-refractivity contribution is 9.09. The molecule has 0 aliphatic heterocycles. The van der Waals surface area contributed by atoms with Crippen LogP contribution in [0.1, 0.15) is 27.5 Å². The lowest BCUT2D eigenvalue weighted by atomic mass is 10.0. The van der Waals surface area contributed by atoms with Crippen molar-refractivity contribution in [1.29, 1.82) is 0 Å². The molecule has 0 aliphatic carbocycles. The smallest absolute Gasteiger partial charge is 0.105 e. The highest BCUT2D eigenvalue weighted by Crippen LogP contribution is 2.31. The van der Waals surface area contributed by atoms with Gasteiger partial charge in [0.25, 0.3) is 0 Å². The van der Waals surface area contributed by atoms with E-state index in [4.69, 9.17) is 4.42 Å². The van der Waals surface area contributed by atoms with E-state index in [-0.39, 0.29) is 0 Å². The fourth-order valence-electron chi connectivity index (χ4n) is 1.89. The van der Waals surface area contributed by atoms with Crippen LogP contribution in [0.3, 0.4) is 0 Å². The third-order valence-electron chi connectivity index (χ3n) is 2.67. The molecule has 0 N–H and O–H groups in total. The standard InChI is InChI=1S/C14H15BrO/c1-10-8-13(11(2)16-10)14(15)9-12-6-4-3-5-7-12/h3-8,14H,9H2,1-2H3. The molecule has 1 heterocycles. The maximum absolute atomic E-state index is 5.54. The van der Waals surface area contributed by atoms with Gasteiger partial charge in [0.2, 0.25) is 0 Å². The lowest BCUT2D eigenvalue weighted by Crippen LogP contribution is -1.95. The summed E-state index contributed by atoms with van der Waals surface area (Å²) in [7, 11) is 0. The number of aryl methyl sites for hydroxylation is 2. The molecule has 0 bridgehead atoms. The number of benzene rings is 1. The van der Waals surface area contributed by atoms with E-state index in [1.807, 2.05) is 19.9 Å². The first kappa shape index (κ1) is 11.5. The van der Waals surface area contributed by atoms with Gasteiger partial charge in [0.1, 0.15) is 11.5 Å². The molecule has 2 aromatic rings. The van der Waals surface area contributed by atoms with Gasteiger partial charge in [0.05, 0.1) is 0 Å². The number of hydrogen-bond acceptors (Lipinski definition) is 1. The first-order valence-corrected chi connectivity index (χ1v) is 6.33. The fourth-order valence-corrected chi connectivity index (χ4v) is 2.72. The highest BCUT2D eigenvalue weighted by atomic mass is 79.9. The van der Waals surface area contributed by atoms with E-state index in [0.717, 1.165) is 17.9 Å². The van der Waals surface area contributed by atoms with Crippen LogP contribution in [0.4, 0.5) is 0 Å². The van der Waals surface area contributed by atoms with Gasteiger partial charge in [-0.3, -0.25) is 0 Å². The minimum absolute atomic E-state index is 0.326. The van der Waals surface area contributed by atoms with E-state index < -0.39 is 0 Å². The van der Waals surface area contributed by atoms with E-state index in [1.165, 1.54) is 11.1 Å². The van der Waals surface area contributed by atoms with E-state index in [1.54, 1.807) is 0 Å². The van der Waals surface area contributed by atoms with Crippen molar-refractivity contribution in [2.24, 2.45) is 0 Å². The second-order valence-corrected chi connectivity index (χ2v) is 5.13. The number of rotatable bonds is 3. The molecule has 0 fully saturated rings. The van der Waals surface area contributed by atoms with Crippen molar-refractivity contribution in [3.8, 4) is 0 Å². The second kappa shape index (κ2) is 4.88. The zero-order valence-corrected chi connectivity index (χ0v) is 11.1. The third-order valence-corrected chi connectivity index (χ3v) is 3.49. The van der Waals surface area contributed by atoms with Gasteiger partial charge in [0, 0.05) is 10.4 Å². The third kappa shape index (κ3) is 2.56. The summed E-state index contributed by atoms with van der Waals surface area (Å²) in [6.07, 6.45) is 0.987. The van der Waals surface area contributed by atoms with Gasteiger partial charge in [-0.1, -0.05) is 46.3 Å². The number of alkyl halides is 1. The average Bonchev–Trinajstić information content (AvgIpc) is 2.59. The zero-order valence-electron chi connectivity index (χ0n) is 9.53. The Morgan fingerprint density at radius 3 is 2.44 bits per heavy atom. The van der Waals surface area contributed by atoms with Crippen molar-refractivity contribution in [3.63, 3.8) is 0 Å². The molecule has 1 atom stereocenters. The Morgan fingerprint density at radius 2 is 1.88 bits per heavy atom. The predicted octanol–water partition coefficient (Wildman–Crippen LogP) is 4.58. The predicted molar refractivity (Wildman–Crippen MR) is 70.0 cm³/mol. The summed E-state index contributed by atoms with van der Waals surface area (Å²) >= 11 is 3.73. The van der Waals surface area contributed by atoms with E-state index >= 15 is 0 Å². The molecule has 0 spiro atoms. The van der Waals surface area contributed by atoms with E-state index in [9.17, 15) is 0 Å². The SMILES string of the molecule is Cc1cc(C(Br)Cc2ccccc2)c(C)o1. The van der Waals surface area contributed by atoms with Crippen molar-refractivity contribution < 1.29 is 4.42 Å². The maximum atomic E-state index is 5.54. The summed E-state index contributed by atoms with van der Waals surface area (Å²) < 4.78 is 5.54. The van der Waals surface area contributed by atoms with Gasteiger partial charge in [-0.25, -0.2) is 0 Å². The largest absolute Gasteiger partial charge is 0.466 e. The summed E-state index contributed by atoms with van der Waals surface area (Å²) in [4.78, 5) is 0.326. The number of hydrogen-bond donors (Lipinski definition) is 0. The number of furan rings is 1. The molecule has 0 amide bonds. The van der Waals surface area contributed by atoms with Crippen LogP contribution in [0.25, 0.3) is 0 Å². The van der Waals surface area contributed by atoms with Gasteiger partial charge in [-0.15, -0.1) is 0 Å². The fraction of sp³-hybridized carbons (Fsp3) is 0.286. The highest BCUT2D eigenvalue weighted by Gasteiger charge is 2.14. The molecule has 0 aliphatic rings. The second-order valence-electron chi connectivity index (χ2n) is 4.03. The van der Waals surface area contributed by atoms with Gasteiger partial charge < -0.3 is 4.42 Å². The Kier molecular flexibility index (Phi) is 3.49. The molecule has 2 heteroatoms. The van der Waals surface area contributed by atoms with Crippen molar-refractivity contribution in [3.05, 3.63) is 59.0 Å². The molecule has 0 radical (unpaired) electrons. The monoisotopic (exact) mass is 278 g/mol. The van der Waals surface area contributed by atoms with Crippen molar-refractivity contribution in [2.75, 3.05) is 0 Å². The van der Waals surface area contributed by atoms with Crippen LogP contribution in [-0.2, 0) is 6.42 Å². The molecule has 2 rings (SSSR count). The number of halogens is 1. The molecule has 0 saturated heterocycles. The Hall–Kier alpha value is -1.02. The Bertz CT molecular complexity index is 459. The van der Waals surface area contributed by atoms with Crippen LogP contribution >= 0.6 is 15.9 Å². The molecule has 1 aromatic heterocycles. The first-order valence-electron chi connectivity index (χ1n) is 5.41. The maximum Gasteiger partial charge on any atom is 0.105 e. The van der Waals surface area contributed by atoms with Gasteiger partial charge >= 0.3 is 0 Å². The summed E-state index contributed by atoms with van der Waals surface area (Å²) in [5.41, 5.74) is 2.59. The van der Waals surface area contributed by atoms with E-state index in [2.05, 4.69) is 46.3 Å². The quantitative estimate of drug-likeness (QED) is 0.750. The Balaban J connectivity index is 2.14. The molecule has 16 heavy (non-hydrogen) atoms. The van der Waals surface area contributed by atoms with Crippen LogP contribution in [-0.4, -0.2) is 0 Å². The van der Waals surface area contributed by atoms with Gasteiger partial charge in [0.15, 0.2) is 0 Å². The molecule has 84 valence electrons. The lowest BCUT2D eigenvalue weighted by Gasteiger charge is -2.08. The lowest BCUT2D eigenvalue weighted by molar-refractivity contribution is 0.501. The Labute approximate surface area is 105 Å². The average molecular weight is 279 g/mol. The summed E-state index contributed by atoms with van der Waals surface area (Å²) in [5, 5.41) is 0. The minimum Gasteiger partial charge on any atom is -0.466 e. The van der Waals surface area contributed by atoms with Crippen LogP contribution in [0.2, 0.25) is 0 Å². The molecule has 1 unspecified atom stereocenters. The minimum atomic E-state index is 0.326. The summed E-state index contributed by atoms with van der Waals surface area (Å²) in [5.74, 6) is 1.99. The van der Waals surface area contributed by atoms with Crippen LogP contribution in [0.5, 0.6) is 0 Å². The summed E-state index contributed by atoms with van der Waals surface area (Å²) in [6, 6.07) is 12.6. The van der Waals surface area contributed by atoms with Crippen LogP contribution in [0, 0.1) is 13.8 Å². The van der Waals surface area contributed by atoms with Crippen LogP contribution in [0.15, 0.2) is 40.8 Å². The first-order chi connectivity index (χ1) is 7.66. The summed E-state index contributed by atoms with van der Waals surface area (Å²) in [6.45, 7) is 4.00. The normalized spacial score (nSPS) is 12.7. The van der Waals surface area contributed by atoms with Gasteiger partial charge in [-0.05, 0) is 31.9 Å². The molecule has 1 nitrogen and oxygen atoms in total. The van der Waals surface area contributed by atoms with Crippen molar-refractivity contribution in [2.45, 2.75) is 25.1 Å². The zero-order chi connectivity index (χ0) is 11.5. The van der Waals surface area contributed by atoms with Crippen molar-refractivity contribution >= 4 is 15.9 Å². The van der Waals surface area contributed by atoms with Gasteiger partial charge in [-0.2, -0.15) is 0 Å². The molecular weight excluding hydrogens is 264 g/mol. The Morgan fingerprint density at radius 1 is 1.19 bits per heavy atom. The van der Waals surface area contributed by atoms with E-state index in [0.29, 0.717) is 4.83 Å². The molecule has 1 aromatic carbocycles. The van der Waals surface area contributed by atoms with Crippen LogP contribution < -0.4 is 0 Å². The van der Waals surface area contributed by atoms with Crippen molar-refractivity contribution in [1.82, 2.24) is 0 Å². The molecule has 0 saturated carbocycles.